The molecule has 2 aromatic rings. The van der Waals surface area contributed by atoms with E-state index in [9.17, 15) is 4.79 Å². The first kappa shape index (κ1) is 15.1. The number of rotatable bonds is 3. The molecule has 0 bridgehead atoms. The Hall–Kier alpha value is -1.81. The number of halogens is 1. The Kier molecular flexibility index (Phi) is 3.73. The molecule has 1 aliphatic rings. The van der Waals surface area contributed by atoms with Crippen molar-refractivity contribution in [1.82, 2.24) is 14.7 Å². The van der Waals surface area contributed by atoms with Crippen LogP contribution < -0.4 is 0 Å². The Labute approximate surface area is 135 Å². The summed E-state index contributed by atoms with van der Waals surface area (Å²) in [6.07, 6.45) is 1.01. The minimum Gasteiger partial charge on any atom is -0.337 e. The third-order valence-corrected chi connectivity index (χ3v) is 5.14. The average Bonchev–Trinajstić information content (AvgIpc) is 2.72. The second-order valence-electron chi connectivity index (χ2n) is 6.04. The lowest BCUT2D eigenvalue weighted by atomic mass is 9.71. The van der Waals surface area contributed by atoms with Crippen molar-refractivity contribution in [1.29, 1.82) is 0 Å². The number of carbonyl (C=O) groups excluding carboxylic acids is 1. The monoisotopic (exact) mass is 317 g/mol. The van der Waals surface area contributed by atoms with Crippen LogP contribution in [0.3, 0.4) is 0 Å². The van der Waals surface area contributed by atoms with Crippen LogP contribution in [0.5, 0.6) is 0 Å². The summed E-state index contributed by atoms with van der Waals surface area (Å²) in [5.41, 5.74) is 2.59. The van der Waals surface area contributed by atoms with Gasteiger partial charge < -0.3 is 4.90 Å². The summed E-state index contributed by atoms with van der Waals surface area (Å²) in [6.45, 7) is 5.47. The molecule has 4 nitrogen and oxygen atoms in total. The number of benzene rings is 1. The molecular weight excluding hydrogens is 298 g/mol. The standard InChI is InChI=1S/C17H20ClN3O/c1-4-17(13-8-6-5-7-9-13)10-21(11-17)16(22)14-12(2)19-20(3)15(14)18/h5-9H,4,10-11H2,1-3H3. The first-order valence-corrected chi connectivity index (χ1v) is 7.90. The van der Waals surface area contributed by atoms with Crippen LogP contribution in [-0.2, 0) is 12.5 Å². The van der Waals surface area contributed by atoms with Crippen LogP contribution in [0.25, 0.3) is 0 Å². The van der Waals surface area contributed by atoms with Crippen molar-refractivity contribution in [2.75, 3.05) is 13.1 Å². The Morgan fingerprint density at radius 2 is 1.95 bits per heavy atom. The predicted molar refractivity (Wildman–Crippen MR) is 87.3 cm³/mol. The van der Waals surface area contributed by atoms with Gasteiger partial charge >= 0.3 is 0 Å². The van der Waals surface area contributed by atoms with E-state index in [4.69, 9.17) is 11.6 Å². The van der Waals surface area contributed by atoms with Crippen LogP contribution in [0, 0.1) is 6.92 Å². The number of carbonyl (C=O) groups is 1. The molecule has 1 amide bonds. The molecule has 116 valence electrons. The van der Waals surface area contributed by atoms with Crippen molar-refractivity contribution in [2.24, 2.45) is 7.05 Å². The lowest BCUT2D eigenvalue weighted by Crippen LogP contribution is -2.61. The molecule has 0 N–H and O–H groups in total. The van der Waals surface area contributed by atoms with E-state index < -0.39 is 0 Å². The molecule has 0 unspecified atom stereocenters. The molecule has 1 aromatic carbocycles. The summed E-state index contributed by atoms with van der Waals surface area (Å²) < 4.78 is 1.55. The summed E-state index contributed by atoms with van der Waals surface area (Å²) in [7, 11) is 1.75. The lowest BCUT2D eigenvalue weighted by molar-refractivity contribution is 0.0375. The summed E-state index contributed by atoms with van der Waals surface area (Å²) in [4.78, 5) is 14.6. The molecule has 0 radical (unpaired) electrons. The zero-order chi connectivity index (χ0) is 15.9. The van der Waals surface area contributed by atoms with Gasteiger partial charge in [-0.3, -0.25) is 9.48 Å². The minimum absolute atomic E-state index is 0.0180. The molecule has 0 spiro atoms. The van der Waals surface area contributed by atoms with Gasteiger partial charge in [-0.05, 0) is 18.9 Å². The lowest BCUT2D eigenvalue weighted by Gasteiger charge is -2.50. The summed E-state index contributed by atoms with van der Waals surface area (Å²) in [6, 6.07) is 10.4. The van der Waals surface area contributed by atoms with Gasteiger partial charge in [-0.1, -0.05) is 48.9 Å². The van der Waals surface area contributed by atoms with E-state index in [0.29, 0.717) is 16.4 Å². The highest BCUT2D eigenvalue weighted by Gasteiger charge is 2.45. The first-order valence-electron chi connectivity index (χ1n) is 7.52. The molecular formula is C17H20ClN3O. The van der Waals surface area contributed by atoms with Crippen molar-refractivity contribution in [3.63, 3.8) is 0 Å². The normalized spacial score (nSPS) is 16.5. The van der Waals surface area contributed by atoms with Gasteiger partial charge in [0, 0.05) is 25.6 Å². The Balaban J connectivity index is 1.81. The highest BCUT2D eigenvalue weighted by molar-refractivity contribution is 6.33. The second kappa shape index (κ2) is 5.43. The molecule has 0 atom stereocenters. The largest absolute Gasteiger partial charge is 0.337 e. The van der Waals surface area contributed by atoms with Gasteiger partial charge in [0.15, 0.2) is 0 Å². The van der Waals surface area contributed by atoms with E-state index >= 15 is 0 Å². The fourth-order valence-electron chi connectivity index (χ4n) is 3.26. The van der Waals surface area contributed by atoms with E-state index in [0.717, 1.165) is 19.5 Å². The Morgan fingerprint density at radius 3 is 2.45 bits per heavy atom. The van der Waals surface area contributed by atoms with Crippen LogP contribution in [-0.4, -0.2) is 33.7 Å². The number of aryl methyl sites for hydroxylation is 2. The van der Waals surface area contributed by atoms with E-state index in [-0.39, 0.29) is 11.3 Å². The van der Waals surface area contributed by atoms with Gasteiger partial charge in [-0.2, -0.15) is 5.10 Å². The van der Waals surface area contributed by atoms with Gasteiger partial charge in [-0.25, -0.2) is 0 Å². The maximum atomic E-state index is 12.7. The van der Waals surface area contributed by atoms with Crippen molar-refractivity contribution in [3.05, 3.63) is 52.3 Å². The molecule has 0 saturated carbocycles. The predicted octanol–water partition coefficient (Wildman–Crippen LogP) is 3.19. The highest BCUT2D eigenvalue weighted by Crippen LogP contribution is 2.39. The second-order valence-corrected chi connectivity index (χ2v) is 6.39. The highest BCUT2D eigenvalue weighted by atomic mass is 35.5. The Bertz CT molecular complexity index is 702. The van der Waals surface area contributed by atoms with Crippen LogP contribution in [0.2, 0.25) is 5.15 Å². The molecule has 1 aliphatic heterocycles. The van der Waals surface area contributed by atoms with E-state index in [1.54, 1.807) is 11.7 Å². The van der Waals surface area contributed by atoms with Gasteiger partial charge in [0.25, 0.3) is 5.91 Å². The fourth-order valence-corrected chi connectivity index (χ4v) is 3.52. The van der Waals surface area contributed by atoms with Crippen molar-refractivity contribution < 1.29 is 4.79 Å². The third kappa shape index (κ3) is 2.22. The zero-order valence-corrected chi connectivity index (χ0v) is 13.9. The molecule has 3 rings (SSSR count). The molecule has 1 aromatic heterocycles. The quantitative estimate of drug-likeness (QED) is 0.872. The summed E-state index contributed by atoms with van der Waals surface area (Å²) in [5, 5.41) is 4.64. The van der Waals surface area contributed by atoms with Crippen molar-refractivity contribution >= 4 is 17.5 Å². The van der Waals surface area contributed by atoms with E-state index in [2.05, 4.69) is 36.3 Å². The van der Waals surface area contributed by atoms with Gasteiger partial charge in [0.05, 0.1) is 11.3 Å². The molecule has 1 fully saturated rings. The van der Waals surface area contributed by atoms with Crippen LogP contribution in [0.4, 0.5) is 0 Å². The van der Waals surface area contributed by atoms with Crippen LogP contribution in [0.15, 0.2) is 30.3 Å². The maximum Gasteiger partial charge on any atom is 0.258 e. The Morgan fingerprint density at radius 1 is 1.32 bits per heavy atom. The van der Waals surface area contributed by atoms with Crippen molar-refractivity contribution in [3.8, 4) is 0 Å². The van der Waals surface area contributed by atoms with Crippen LogP contribution >= 0.6 is 11.6 Å². The zero-order valence-electron chi connectivity index (χ0n) is 13.1. The topological polar surface area (TPSA) is 38.1 Å². The van der Waals surface area contributed by atoms with Crippen molar-refractivity contribution in [2.45, 2.75) is 25.7 Å². The number of nitrogens with zero attached hydrogens (tertiary/aromatic N) is 3. The summed E-state index contributed by atoms with van der Waals surface area (Å²) >= 11 is 6.21. The average molecular weight is 318 g/mol. The minimum atomic E-state index is -0.0180. The number of amides is 1. The fraction of sp³-hybridized carbons (Fsp3) is 0.412. The number of hydrogen-bond acceptors (Lipinski definition) is 2. The first-order chi connectivity index (χ1) is 10.5. The van der Waals surface area contributed by atoms with E-state index in [1.807, 2.05) is 17.9 Å². The molecule has 1 saturated heterocycles. The van der Waals surface area contributed by atoms with Gasteiger partial charge in [0.1, 0.15) is 5.15 Å². The SMILES string of the molecule is CCC1(c2ccccc2)CN(C(=O)c2c(C)nn(C)c2Cl)C1. The smallest absolute Gasteiger partial charge is 0.258 e. The van der Waals surface area contributed by atoms with Crippen LogP contribution in [0.1, 0.15) is 35.0 Å². The number of aromatic nitrogens is 2. The number of hydrogen-bond donors (Lipinski definition) is 0. The third-order valence-electron chi connectivity index (χ3n) is 4.70. The maximum absolute atomic E-state index is 12.7. The molecule has 5 heteroatoms. The molecule has 2 heterocycles. The van der Waals surface area contributed by atoms with Gasteiger partial charge in [-0.15, -0.1) is 0 Å². The summed E-state index contributed by atoms with van der Waals surface area (Å²) in [5.74, 6) is -0.0180. The molecule has 0 aliphatic carbocycles. The van der Waals surface area contributed by atoms with Gasteiger partial charge in [0.2, 0.25) is 0 Å². The van der Waals surface area contributed by atoms with E-state index in [1.165, 1.54) is 5.56 Å². The number of likely N-dealkylation sites (tertiary alicyclic amines) is 1. The molecule has 22 heavy (non-hydrogen) atoms.